The van der Waals surface area contributed by atoms with Crippen molar-refractivity contribution in [3.05, 3.63) is 41.2 Å². The van der Waals surface area contributed by atoms with Crippen LogP contribution in [0.25, 0.3) is 0 Å². The van der Waals surface area contributed by atoms with Crippen LogP contribution in [0.15, 0.2) is 27.3 Å². The molecule has 3 rings (SSSR count). The average molecular weight is 306 g/mol. The lowest BCUT2D eigenvalue weighted by atomic mass is 10.1. The summed E-state index contributed by atoms with van der Waals surface area (Å²) in [6, 6.07) is 3.91. The highest BCUT2D eigenvalue weighted by Gasteiger charge is 2.27. The fourth-order valence-corrected chi connectivity index (χ4v) is 3.80. The summed E-state index contributed by atoms with van der Waals surface area (Å²) < 4.78 is 10.6. The van der Waals surface area contributed by atoms with E-state index in [1.54, 1.807) is 13.2 Å². The van der Waals surface area contributed by atoms with E-state index >= 15 is 0 Å². The number of hydrogen-bond acceptors (Lipinski definition) is 5. The van der Waals surface area contributed by atoms with Crippen LogP contribution in [-0.2, 0) is 0 Å². The Balaban J connectivity index is 1.72. The molecule has 6 heteroatoms. The summed E-state index contributed by atoms with van der Waals surface area (Å²) in [4.78, 5) is 14.5. The summed E-state index contributed by atoms with van der Waals surface area (Å²) in [5, 5.41) is 4.19. The van der Waals surface area contributed by atoms with Crippen LogP contribution in [0.1, 0.15) is 39.2 Å². The monoisotopic (exact) mass is 306 g/mol. The van der Waals surface area contributed by atoms with Gasteiger partial charge in [-0.2, -0.15) is 0 Å². The van der Waals surface area contributed by atoms with Crippen molar-refractivity contribution in [2.45, 2.75) is 25.5 Å². The molecule has 3 heterocycles. The number of carbonyl (C=O) groups is 1. The molecule has 0 bridgehead atoms. The summed E-state index contributed by atoms with van der Waals surface area (Å²) in [6.45, 7) is 5.06. The Morgan fingerprint density at radius 3 is 2.95 bits per heavy atom. The van der Waals surface area contributed by atoms with Gasteiger partial charge in [0, 0.05) is 18.8 Å². The van der Waals surface area contributed by atoms with Crippen molar-refractivity contribution in [2.75, 3.05) is 18.8 Å². The third-order valence-electron chi connectivity index (χ3n) is 3.74. The number of nitrogens with zero attached hydrogens (tertiary/aromatic N) is 2. The van der Waals surface area contributed by atoms with E-state index in [0.29, 0.717) is 22.3 Å². The number of rotatable bonds is 2. The van der Waals surface area contributed by atoms with E-state index in [0.717, 1.165) is 31.0 Å². The lowest BCUT2D eigenvalue weighted by molar-refractivity contribution is 0.0763. The minimum atomic E-state index is 0.0203. The van der Waals surface area contributed by atoms with Gasteiger partial charge in [0.1, 0.15) is 17.1 Å². The molecule has 5 nitrogen and oxygen atoms in total. The van der Waals surface area contributed by atoms with Crippen molar-refractivity contribution in [1.29, 1.82) is 0 Å². The first-order chi connectivity index (χ1) is 10.2. The van der Waals surface area contributed by atoms with Crippen LogP contribution in [0.2, 0.25) is 0 Å². The molecule has 0 aliphatic carbocycles. The van der Waals surface area contributed by atoms with Gasteiger partial charge in [0.2, 0.25) is 0 Å². The molecule has 1 fully saturated rings. The van der Waals surface area contributed by atoms with E-state index in [1.807, 2.05) is 35.7 Å². The quantitative estimate of drug-likeness (QED) is 0.852. The zero-order chi connectivity index (χ0) is 14.8. The second-order valence-corrected chi connectivity index (χ2v) is 6.47. The molecule has 2 aromatic rings. The first-order valence-corrected chi connectivity index (χ1v) is 8.09. The molecule has 0 aromatic carbocycles. The summed E-state index contributed by atoms with van der Waals surface area (Å²) in [7, 11) is 0. The van der Waals surface area contributed by atoms with Crippen LogP contribution < -0.4 is 0 Å². The van der Waals surface area contributed by atoms with Gasteiger partial charge in [-0.3, -0.25) is 4.79 Å². The lowest BCUT2D eigenvalue weighted by Crippen LogP contribution is -2.33. The van der Waals surface area contributed by atoms with Crippen molar-refractivity contribution in [2.24, 2.45) is 0 Å². The Morgan fingerprint density at radius 2 is 2.29 bits per heavy atom. The second-order valence-electron chi connectivity index (χ2n) is 5.15. The molecule has 1 aliphatic rings. The van der Waals surface area contributed by atoms with Gasteiger partial charge in [-0.05, 0) is 32.4 Å². The van der Waals surface area contributed by atoms with Crippen LogP contribution in [-0.4, -0.2) is 34.8 Å². The Labute approximate surface area is 127 Å². The Hall–Kier alpha value is -1.69. The molecular formula is C15H18N2O3S. The minimum absolute atomic E-state index is 0.0203. The average Bonchev–Trinajstić information content (AvgIpc) is 3.03. The molecule has 0 spiro atoms. The highest BCUT2D eigenvalue weighted by molar-refractivity contribution is 7.99. The standard InChI is InChI=1S/C15H18N2O3S/c1-10-14(11(2)20-16-10)15(18)17-6-5-13(21-9-7-17)12-4-3-8-19-12/h3-4,8,13H,5-7,9H2,1-2H3/t13-/m1/s1. The molecule has 2 aromatic heterocycles. The SMILES string of the molecule is Cc1noc(C)c1C(=O)N1CCS[C@@H](c2ccco2)CC1. The molecule has 1 aliphatic heterocycles. The molecule has 0 N–H and O–H groups in total. The molecule has 0 saturated carbocycles. The summed E-state index contributed by atoms with van der Waals surface area (Å²) >= 11 is 1.84. The number of hydrogen-bond donors (Lipinski definition) is 0. The summed E-state index contributed by atoms with van der Waals surface area (Å²) in [5.41, 5.74) is 1.27. The Morgan fingerprint density at radius 1 is 1.43 bits per heavy atom. The Kier molecular flexibility index (Phi) is 4.05. The number of aryl methyl sites for hydroxylation is 2. The maximum atomic E-state index is 12.6. The normalized spacial score (nSPS) is 19.5. The molecule has 21 heavy (non-hydrogen) atoms. The molecule has 0 unspecified atom stereocenters. The van der Waals surface area contributed by atoms with E-state index in [-0.39, 0.29) is 5.91 Å². The van der Waals surface area contributed by atoms with Gasteiger partial charge in [0.25, 0.3) is 5.91 Å². The number of amides is 1. The first kappa shape index (κ1) is 14.3. The highest BCUT2D eigenvalue weighted by atomic mass is 32.2. The van der Waals surface area contributed by atoms with Crippen molar-refractivity contribution >= 4 is 17.7 Å². The predicted octanol–water partition coefficient (Wildman–Crippen LogP) is 3.20. The maximum absolute atomic E-state index is 12.6. The van der Waals surface area contributed by atoms with E-state index < -0.39 is 0 Å². The number of aromatic nitrogens is 1. The van der Waals surface area contributed by atoms with Crippen molar-refractivity contribution in [1.82, 2.24) is 10.1 Å². The highest BCUT2D eigenvalue weighted by Crippen LogP contribution is 2.34. The van der Waals surface area contributed by atoms with Crippen molar-refractivity contribution in [3.63, 3.8) is 0 Å². The smallest absolute Gasteiger partial charge is 0.259 e. The lowest BCUT2D eigenvalue weighted by Gasteiger charge is -2.19. The number of carbonyl (C=O) groups excluding carboxylic acids is 1. The fourth-order valence-electron chi connectivity index (χ4n) is 2.62. The number of thioether (sulfide) groups is 1. The summed E-state index contributed by atoms with van der Waals surface area (Å²) in [5.74, 6) is 2.51. The second kappa shape index (κ2) is 5.97. The zero-order valence-electron chi connectivity index (χ0n) is 12.2. The maximum Gasteiger partial charge on any atom is 0.259 e. The van der Waals surface area contributed by atoms with Gasteiger partial charge < -0.3 is 13.8 Å². The van der Waals surface area contributed by atoms with Crippen LogP contribution in [0.5, 0.6) is 0 Å². The number of furan rings is 1. The predicted molar refractivity (Wildman–Crippen MR) is 80.4 cm³/mol. The van der Waals surface area contributed by atoms with E-state index in [1.165, 1.54) is 0 Å². The Bertz CT molecular complexity index is 601. The van der Waals surface area contributed by atoms with Gasteiger partial charge in [-0.1, -0.05) is 5.16 Å². The molecule has 1 atom stereocenters. The topological polar surface area (TPSA) is 59.5 Å². The van der Waals surface area contributed by atoms with Gasteiger partial charge >= 0.3 is 0 Å². The zero-order valence-corrected chi connectivity index (χ0v) is 13.0. The van der Waals surface area contributed by atoms with Gasteiger partial charge in [-0.15, -0.1) is 11.8 Å². The molecule has 1 amide bonds. The van der Waals surface area contributed by atoms with Crippen molar-refractivity contribution in [3.8, 4) is 0 Å². The molecule has 0 radical (unpaired) electrons. The largest absolute Gasteiger partial charge is 0.468 e. The molecule has 1 saturated heterocycles. The third-order valence-corrected chi connectivity index (χ3v) is 5.03. The van der Waals surface area contributed by atoms with Crippen molar-refractivity contribution < 1.29 is 13.7 Å². The molecule has 112 valence electrons. The van der Waals surface area contributed by atoms with Gasteiger partial charge in [-0.25, -0.2) is 0 Å². The third kappa shape index (κ3) is 2.85. The summed E-state index contributed by atoms with van der Waals surface area (Å²) in [6.07, 6.45) is 2.60. The van der Waals surface area contributed by atoms with Crippen LogP contribution in [0, 0.1) is 13.8 Å². The van der Waals surface area contributed by atoms with E-state index in [9.17, 15) is 4.79 Å². The van der Waals surface area contributed by atoms with Gasteiger partial charge in [0.15, 0.2) is 0 Å². The van der Waals surface area contributed by atoms with E-state index in [4.69, 9.17) is 8.94 Å². The van der Waals surface area contributed by atoms with Crippen LogP contribution in [0.4, 0.5) is 0 Å². The minimum Gasteiger partial charge on any atom is -0.468 e. The first-order valence-electron chi connectivity index (χ1n) is 7.04. The van der Waals surface area contributed by atoms with E-state index in [2.05, 4.69) is 5.16 Å². The fraction of sp³-hybridized carbons (Fsp3) is 0.467. The van der Waals surface area contributed by atoms with Crippen LogP contribution >= 0.6 is 11.8 Å². The van der Waals surface area contributed by atoms with Crippen LogP contribution in [0.3, 0.4) is 0 Å². The van der Waals surface area contributed by atoms with Gasteiger partial charge in [0.05, 0.1) is 17.2 Å². The molecular weight excluding hydrogens is 288 g/mol.